The fraction of sp³-hybridized carbons (Fsp3) is 0.625. The van der Waals surface area contributed by atoms with Crippen LogP contribution < -0.4 is 0 Å². The van der Waals surface area contributed by atoms with E-state index in [0.29, 0.717) is 0 Å². The summed E-state index contributed by atoms with van der Waals surface area (Å²) >= 11 is 0. The van der Waals surface area contributed by atoms with Gasteiger partial charge in [-0.3, -0.25) is 0 Å². The first-order valence-electron chi connectivity index (χ1n) is 7.27. The predicted octanol–water partition coefficient (Wildman–Crippen LogP) is 2.84. The van der Waals surface area contributed by atoms with Crippen molar-refractivity contribution in [3.8, 4) is 0 Å². The average molecular weight is 298 g/mol. The van der Waals surface area contributed by atoms with Crippen molar-refractivity contribution in [3.05, 3.63) is 34.4 Å². The normalized spacial score (nSPS) is 15.1. The van der Waals surface area contributed by atoms with Crippen LogP contribution in [-0.4, -0.2) is 25.0 Å². The molecule has 114 valence electrons. The molecule has 1 aromatic rings. The molecule has 0 aliphatic carbocycles. The maximum atomic E-state index is 11.7. The van der Waals surface area contributed by atoms with Gasteiger partial charge in [0.1, 0.15) is 0 Å². The molecule has 0 amide bonds. The molecule has 0 aliphatic rings. The number of benzene rings is 1. The van der Waals surface area contributed by atoms with Gasteiger partial charge in [-0.15, -0.1) is 0 Å². The third-order valence-electron chi connectivity index (χ3n) is 4.00. The van der Waals surface area contributed by atoms with Crippen LogP contribution in [0.3, 0.4) is 0 Å². The van der Waals surface area contributed by atoms with Crippen molar-refractivity contribution in [1.82, 2.24) is 0 Å². The predicted molar refractivity (Wildman–Crippen MR) is 83.8 cm³/mol. The second-order valence-corrected chi connectivity index (χ2v) is 7.77. The molecule has 0 aliphatic heterocycles. The third kappa shape index (κ3) is 3.61. The van der Waals surface area contributed by atoms with E-state index in [0.717, 1.165) is 36.0 Å². The zero-order valence-corrected chi connectivity index (χ0v) is 13.9. The largest absolute Gasteiger partial charge is 0.387 e. The molecule has 20 heavy (non-hydrogen) atoms. The summed E-state index contributed by atoms with van der Waals surface area (Å²) in [5, 5.41) is 9.75. The van der Waals surface area contributed by atoms with E-state index in [1.165, 1.54) is 11.8 Å². The van der Waals surface area contributed by atoms with Gasteiger partial charge in [0, 0.05) is 6.26 Å². The van der Waals surface area contributed by atoms with Gasteiger partial charge in [0.2, 0.25) is 0 Å². The number of aliphatic hydroxyl groups excluding tert-OH is 1. The highest BCUT2D eigenvalue weighted by atomic mass is 32.2. The smallest absolute Gasteiger partial charge is 0.152 e. The Kier molecular flexibility index (Phi) is 5.78. The Balaban J connectivity index is 3.42. The van der Waals surface area contributed by atoms with Crippen LogP contribution in [0.25, 0.3) is 0 Å². The van der Waals surface area contributed by atoms with E-state index >= 15 is 0 Å². The first-order valence-corrected chi connectivity index (χ1v) is 9.23. The van der Waals surface area contributed by atoms with Crippen molar-refractivity contribution in [3.63, 3.8) is 0 Å². The van der Waals surface area contributed by atoms with Crippen molar-refractivity contribution in [2.45, 2.75) is 58.3 Å². The minimum absolute atomic E-state index is 0.787. The molecule has 0 bridgehead atoms. The summed E-state index contributed by atoms with van der Waals surface area (Å²) in [5.74, 6) is 0. The fourth-order valence-electron chi connectivity index (χ4n) is 2.49. The van der Waals surface area contributed by atoms with Gasteiger partial charge >= 0.3 is 0 Å². The van der Waals surface area contributed by atoms with Crippen LogP contribution in [0.15, 0.2) is 12.1 Å². The van der Waals surface area contributed by atoms with Gasteiger partial charge in [-0.1, -0.05) is 32.9 Å². The van der Waals surface area contributed by atoms with E-state index in [9.17, 15) is 13.5 Å². The highest BCUT2D eigenvalue weighted by molar-refractivity contribution is 7.91. The van der Waals surface area contributed by atoms with Crippen molar-refractivity contribution < 1.29 is 13.5 Å². The monoisotopic (exact) mass is 298 g/mol. The molecular weight excluding hydrogens is 272 g/mol. The van der Waals surface area contributed by atoms with Crippen LogP contribution in [0.2, 0.25) is 0 Å². The summed E-state index contributed by atoms with van der Waals surface area (Å²) in [6, 6.07) is 4.18. The molecule has 1 rings (SSSR count). The molecule has 2 atom stereocenters. The summed E-state index contributed by atoms with van der Waals surface area (Å²) in [6.07, 6.45) is 2.75. The molecular formula is C16H26O3S. The highest BCUT2D eigenvalue weighted by Gasteiger charge is 2.28. The molecule has 0 heterocycles. The second-order valence-electron chi connectivity index (χ2n) is 5.37. The first kappa shape index (κ1) is 17.2. The Morgan fingerprint density at radius 3 is 1.80 bits per heavy atom. The summed E-state index contributed by atoms with van der Waals surface area (Å²) in [6.45, 7) is 7.75. The second kappa shape index (κ2) is 6.72. The Bertz CT molecular complexity index is 536. The lowest BCUT2D eigenvalue weighted by atomic mass is 9.89. The minimum Gasteiger partial charge on any atom is -0.387 e. The standard InChI is InChI=1S/C16H26O3S/c1-6-12-9-13(7-2)15(14(8-3)10-12)16(17)11(4)20(5,18)19/h9-11,16-17H,6-8H2,1-5H3. The third-order valence-corrected chi connectivity index (χ3v) is 5.61. The molecule has 4 heteroatoms. The highest BCUT2D eigenvalue weighted by Crippen LogP contribution is 2.30. The van der Waals surface area contributed by atoms with Crippen LogP contribution in [-0.2, 0) is 29.1 Å². The summed E-state index contributed by atoms with van der Waals surface area (Å²) < 4.78 is 23.4. The fourth-order valence-corrected chi connectivity index (χ4v) is 3.09. The van der Waals surface area contributed by atoms with Crippen molar-refractivity contribution in [2.75, 3.05) is 6.26 Å². The number of sulfone groups is 1. The summed E-state index contributed by atoms with van der Waals surface area (Å²) in [4.78, 5) is 0. The zero-order chi connectivity index (χ0) is 15.5. The molecule has 0 spiro atoms. The van der Waals surface area contributed by atoms with Crippen LogP contribution in [0, 0.1) is 0 Å². The molecule has 0 aromatic heterocycles. The summed E-state index contributed by atoms with van der Waals surface area (Å²) in [7, 11) is -3.27. The number of hydrogen-bond donors (Lipinski definition) is 1. The quantitative estimate of drug-likeness (QED) is 0.878. The van der Waals surface area contributed by atoms with Gasteiger partial charge < -0.3 is 5.11 Å². The lowest BCUT2D eigenvalue weighted by Gasteiger charge is -2.24. The van der Waals surface area contributed by atoms with E-state index in [-0.39, 0.29) is 0 Å². The average Bonchev–Trinajstić information content (AvgIpc) is 2.42. The van der Waals surface area contributed by atoms with Crippen molar-refractivity contribution in [2.24, 2.45) is 0 Å². The van der Waals surface area contributed by atoms with Gasteiger partial charge in [0.15, 0.2) is 9.84 Å². The minimum atomic E-state index is -3.27. The number of hydrogen-bond acceptors (Lipinski definition) is 3. The zero-order valence-electron chi connectivity index (χ0n) is 13.1. The lowest BCUT2D eigenvalue weighted by Crippen LogP contribution is -2.26. The van der Waals surface area contributed by atoms with E-state index in [2.05, 4.69) is 19.1 Å². The Hall–Kier alpha value is -0.870. The van der Waals surface area contributed by atoms with E-state index in [4.69, 9.17) is 0 Å². The molecule has 3 nitrogen and oxygen atoms in total. The van der Waals surface area contributed by atoms with Crippen LogP contribution in [0.1, 0.15) is 56.1 Å². The Morgan fingerprint density at radius 1 is 1.05 bits per heavy atom. The maximum absolute atomic E-state index is 11.7. The summed E-state index contributed by atoms with van der Waals surface area (Å²) in [5.41, 5.74) is 4.17. The van der Waals surface area contributed by atoms with Crippen molar-refractivity contribution >= 4 is 9.84 Å². The Labute approximate surface area is 123 Å². The van der Waals surface area contributed by atoms with E-state index in [1.54, 1.807) is 6.92 Å². The maximum Gasteiger partial charge on any atom is 0.152 e. The molecule has 1 N–H and O–H groups in total. The number of rotatable bonds is 6. The van der Waals surface area contributed by atoms with Gasteiger partial charge in [0.25, 0.3) is 0 Å². The lowest BCUT2D eigenvalue weighted by molar-refractivity contribution is 0.174. The Morgan fingerprint density at radius 2 is 1.50 bits per heavy atom. The van der Waals surface area contributed by atoms with Crippen LogP contribution in [0.4, 0.5) is 0 Å². The molecule has 2 unspecified atom stereocenters. The first-order chi connectivity index (χ1) is 9.26. The van der Waals surface area contributed by atoms with Crippen molar-refractivity contribution in [1.29, 1.82) is 0 Å². The molecule has 1 aromatic carbocycles. The van der Waals surface area contributed by atoms with Gasteiger partial charge in [0.05, 0.1) is 11.4 Å². The van der Waals surface area contributed by atoms with Gasteiger partial charge in [-0.25, -0.2) is 8.42 Å². The molecule has 0 saturated heterocycles. The van der Waals surface area contributed by atoms with E-state index in [1.807, 2.05) is 13.8 Å². The molecule has 0 saturated carbocycles. The topological polar surface area (TPSA) is 54.4 Å². The molecule has 0 fully saturated rings. The molecule has 0 radical (unpaired) electrons. The number of aliphatic hydroxyl groups is 1. The van der Waals surface area contributed by atoms with E-state index < -0.39 is 21.2 Å². The van der Waals surface area contributed by atoms with Gasteiger partial charge in [-0.05, 0) is 48.4 Å². The van der Waals surface area contributed by atoms with Crippen LogP contribution >= 0.6 is 0 Å². The number of aryl methyl sites for hydroxylation is 3. The SMILES string of the molecule is CCc1cc(CC)c(C(O)C(C)S(C)(=O)=O)c(CC)c1. The van der Waals surface area contributed by atoms with Gasteiger partial charge in [-0.2, -0.15) is 0 Å². The van der Waals surface area contributed by atoms with Crippen LogP contribution in [0.5, 0.6) is 0 Å².